The summed E-state index contributed by atoms with van der Waals surface area (Å²) in [5.41, 5.74) is 0.985. The monoisotopic (exact) mass is 382 g/mol. The zero-order chi connectivity index (χ0) is 19.2. The van der Waals surface area contributed by atoms with E-state index in [-0.39, 0.29) is 18.2 Å². The van der Waals surface area contributed by atoms with Crippen LogP contribution >= 0.6 is 0 Å². The minimum absolute atomic E-state index is 0.00212. The predicted molar refractivity (Wildman–Crippen MR) is 104 cm³/mol. The third-order valence-corrected chi connectivity index (χ3v) is 5.20. The molecule has 0 aromatic carbocycles. The molecule has 2 aromatic rings. The number of hydrogen-bond donors (Lipinski definition) is 1. The molecule has 3 heterocycles. The lowest BCUT2D eigenvalue weighted by atomic mass is 10.2. The Balaban J connectivity index is 1.24. The van der Waals surface area contributed by atoms with Crippen LogP contribution in [-0.4, -0.2) is 46.2 Å². The fourth-order valence-corrected chi connectivity index (χ4v) is 3.71. The summed E-state index contributed by atoms with van der Waals surface area (Å²) in [6, 6.07) is 7.46. The van der Waals surface area contributed by atoms with E-state index in [9.17, 15) is 4.79 Å². The Hall–Kier alpha value is -2.83. The van der Waals surface area contributed by atoms with E-state index in [0.29, 0.717) is 25.5 Å². The Morgan fingerprint density at radius 2 is 2.04 bits per heavy atom. The molecule has 1 saturated carbocycles. The van der Waals surface area contributed by atoms with Crippen molar-refractivity contribution in [1.29, 1.82) is 0 Å². The number of urea groups is 1. The third kappa shape index (κ3) is 4.91. The number of pyridine rings is 2. The Labute approximate surface area is 165 Å². The van der Waals surface area contributed by atoms with E-state index in [0.717, 1.165) is 30.6 Å². The fourth-order valence-electron chi connectivity index (χ4n) is 3.71. The van der Waals surface area contributed by atoms with Crippen LogP contribution in [0.15, 0.2) is 42.9 Å². The Bertz CT molecular complexity index is 780. The Morgan fingerprint density at radius 3 is 2.86 bits per heavy atom. The van der Waals surface area contributed by atoms with E-state index in [1.54, 1.807) is 23.5 Å². The molecular weight excluding hydrogens is 356 g/mol. The molecule has 0 spiro atoms. The van der Waals surface area contributed by atoms with Crippen LogP contribution < -0.4 is 14.8 Å². The molecule has 7 heteroatoms. The third-order valence-electron chi connectivity index (χ3n) is 5.20. The van der Waals surface area contributed by atoms with E-state index in [1.807, 2.05) is 24.3 Å². The summed E-state index contributed by atoms with van der Waals surface area (Å²) in [7, 11) is 0. The van der Waals surface area contributed by atoms with Gasteiger partial charge in [0.2, 0.25) is 5.88 Å². The normalized spacial score (nSPS) is 19.6. The average molecular weight is 382 g/mol. The van der Waals surface area contributed by atoms with Gasteiger partial charge in [-0.15, -0.1) is 0 Å². The van der Waals surface area contributed by atoms with Crippen LogP contribution in [0.5, 0.6) is 11.6 Å². The molecule has 4 rings (SSSR count). The number of hydrogen-bond acceptors (Lipinski definition) is 5. The lowest BCUT2D eigenvalue weighted by molar-refractivity contribution is 0.186. The molecule has 2 amide bonds. The maximum Gasteiger partial charge on any atom is 0.317 e. The number of amides is 2. The second-order valence-corrected chi connectivity index (χ2v) is 7.35. The zero-order valence-electron chi connectivity index (χ0n) is 15.9. The smallest absolute Gasteiger partial charge is 0.317 e. The predicted octanol–water partition coefficient (Wildman–Crippen LogP) is 3.16. The van der Waals surface area contributed by atoms with Crippen molar-refractivity contribution in [3.8, 4) is 11.6 Å². The van der Waals surface area contributed by atoms with Crippen LogP contribution in [0.3, 0.4) is 0 Å². The van der Waals surface area contributed by atoms with Crippen molar-refractivity contribution in [2.24, 2.45) is 0 Å². The molecular formula is C21H26N4O3. The summed E-state index contributed by atoms with van der Waals surface area (Å²) in [5, 5.41) is 2.98. The maximum atomic E-state index is 12.5. The highest BCUT2D eigenvalue weighted by atomic mass is 16.5. The number of carbonyl (C=O) groups is 1. The highest BCUT2D eigenvalue weighted by molar-refractivity contribution is 5.74. The SMILES string of the molecule is O=C(NCc1ccnc(OC2CCCC2)c1)N1CCC(Oc2cccnc2)C1. The number of ether oxygens (including phenoxy) is 2. The van der Waals surface area contributed by atoms with Gasteiger partial charge in [-0.25, -0.2) is 9.78 Å². The van der Waals surface area contributed by atoms with Gasteiger partial charge in [0, 0.05) is 38.0 Å². The van der Waals surface area contributed by atoms with Gasteiger partial charge < -0.3 is 19.7 Å². The van der Waals surface area contributed by atoms with Crippen molar-refractivity contribution < 1.29 is 14.3 Å². The van der Waals surface area contributed by atoms with Gasteiger partial charge in [0.15, 0.2) is 0 Å². The number of nitrogens with zero attached hydrogens (tertiary/aromatic N) is 3. The number of nitrogens with one attached hydrogen (secondary N) is 1. The molecule has 1 aliphatic heterocycles. The van der Waals surface area contributed by atoms with Crippen molar-refractivity contribution in [3.05, 3.63) is 48.4 Å². The molecule has 1 N–H and O–H groups in total. The standard InChI is InChI=1S/C21H26N4O3/c26-21(25-11-8-19(15-25)27-18-6-3-9-22-14-18)24-13-16-7-10-23-20(12-16)28-17-4-1-2-5-17/h3,6-7,9-10,12,14,17,19H,1-2,4-5,8,11,13,15H2,(H,24,26). The van der Waals surface area contributed by atoms with Crippen molar-refractivity contribution in [3.63, 3.8) is 0 Å². The van der Waals surface area contributed by atoms with Crippen molar-refractivity contribution in [1.82, 2.24) is 20.2 Å². The highest BCUT2D eigenvalue weighted by Gasteiger charge is 2.27. The summed E-state index contributed by atoms with van der Waals surface area (Å²) in [4.78, 5) is 22.6. The second kappa shape index (κ2) is 8.91. The minimum Gasteiger partial charge on any atom is -0.487 e. The molecule has 7 nitrogen and oxygen atoms in total. The summed E-state index contributed by atoms with van der Waals surface area (Å²) in [6.45, 7) is 1.71. The molecule has 1 atom stereocenters. The Kier molecular flexibility index (Phi) is 5.89. The first-order valence-electron chi connectivity index (χ1n) is 9.97. The molecule has 1 saturated heterocycles. The van der Waals surface area contributed by atoms with Crippen molar-refractivity contribution >= 4 is 6.03 Å². The molecule has 2 fully saturated rings. The maximum absolute atomic E-state index is 12.5. The van der Waals surface area contributed by atoms with Gasteiger partial charge in [-0.05, 0) is 49.4 Å². The van der Waals surface area contributed by atoms with Gasteiger partial charge in [0.05, 0.1) is 12.7 Å². The first kappa shape index (κ1) is 18.5. The topological polar surface area (TPSA) is 76.6 Å². The minimum atomic E-state index is -0.0765. The molecule has 2 aromatic heterocycles. The van der Waals surface area contributed by atoms with Gasteiger partial charge in [-0.2, -0.15) is 0 Å². The van der Waals surface area contributed by atoms with Gasteiger partial charge in [0.25, 0.3) is 0 Å². The first-order chi connectivity index (χ1) is 13.8. The number of aromatic nitrogens is 2. The van der Waals surface area contributed by atoms with Gasteiger partial charge in [-0.1, -0.05) is 0 Å². The van der Waals surface area contributed by atoms with Crippen LogP contribution in [0.4, 0.5) is 4.79 Å². The van der Waals surface area contributed by atoms with E-state index < -0.39 is 0 Å². The first-order valence-corrected chi connectivity index (χ1v) is 9.97. The van der Waals surface area contributed by atoms with Gasteiger partial charge in [-0.3, -0.25) is 4.98 Å². The van der Waals surface area contributed by atoms with Gasteiger partial charge in [0.1, 0.15) is 18.0 Å². The number of rotatable bonds is 6. The molecule has 0 radical (unpaired) electrons. The van der Waals surface area contributed by atoms with Crippen LogP contribution in [-0.2, 0) is 6.54 Å². The lowest BCUT2D eigenvalue weighted by Crippen LogP contribution is -2.39. The molecule has 1 unspecified atom stereocenters. The van der Waals surface area contributed by atoms with Crippen LogP contribution in [0.25, 0.3) is 0 Å². The Morgan fingerprint density at radius 1 is 1.14 bits per heavy atom. The summed E-state index contributed by atoms with van der Waals surface area (Å²) in [6.07, 6.45) is 10.9. The molecule has 148 valence electrons. The summed E-state index contributed by atoms with van der Waals surface area (Å²) in [5.74, 6) is 1.38. The summed E-state index contributed by atoms with van der Waals surface area (Å²) >= 11 is 0. The summed E-state index contributed by atoms with van der Waals surface area (Å²) < 4.78 is 11.8. The van der Waals surface area contributed by atoms with E-state index >= 15 is 0 Å². The zero-order valence-corrected chi connectivity index (χ0v) is 15.9. The molecule has 0 bridgehead atoms. The van der Waals surface area contributed by atoms with Gasteiger partial charge >= 0.3 is 6.03 Å². The highest BCUT2D eigenvalue weighted by Crippen LogP contribution is 2.23. The number of carbonyl (C=O) groups excluding carboxylic acids is 1. The quantitative estimate of drug-likeness (QED) is 0.830. The van der Waals surface area contributed by atoms with Crippen LogP contribution in [0, 0.1) is 0 Å². The second-order valence-electron chi connectivity index (χ2n) is 7.35. The number of likely N-dealkylation sites (tertiary alicyclic amines) is 1. The molecule has 2 aliphatic rings. The van der Waals surface area contributed by atoms with Crippen molar-refractivity contribution in [2.75, 3.05) is 13.1 Å². The fraction of sp³-hybridized carbons (Fsp3) is 0.476. The van der Waals surface area contributed by atoms with E-state index in [2.05, 4.69) is 15.3 Å². The molecule has 1 aliphatic carbocycles. The largest absolute Gasteiger partial charge is 0.487 e. The average Bonchev–Trinajstić information content (AvgIpc) is 3.39. The van der Waals surface area contributed by atoms with Crippen LogP contribution in [0.1, 0.15) is 37.7 Å². The van der Waals surface area contributed by atoms with E-state index in [4.69, 9.17) is 9.47 Å². The van der Waals surface area contributed by atoms with Crippen LogP contribution in [0.2, 0.25) is 0 Å². The van der Waals surface area contributed by atoms with Crippen molar-refractivity contribution in [2.45, 2.75) is 50.9 Å². The van der Waals surface area contributed by atoms with E-state index in [1.165, 1.54) is 12.8 Å². The molecule has 28 heavy (non-hydrogen) atoms. The lowest BCUT2D eigenvalue weighted by Gasteiger charge is -2.18.